The Balaban J connectivity index is 0.00000196. The average molecular weight is 235 g/mol. The molecule has 86 valence electrons. The lowest BCUT2D eigenvalue weighted by atomic mass is 10.2. The van der Waals surface area contributed by atoms with Crippen LogP contribution in [0.4, 0.5) is 10.1 Å². The van der Waals surface area contributed by atoms with Gasteiger partial charge in [-0.1, -0.05) is 6.07 Å². The number of nitrogens with one attached hydrogen (secondary N) is 1. The van der Waals surface area contributed by atoms with Gasteiger partial charge in [0.2, 0.25) is 10.0 Å². The molecule has 0 bridgehead atoms. The molecule has 0 unspecified atom stereocenters. The van der Waals surface area contributed by atoms with Gasteiger partial charge in [0.05, 0.1) is 11.9 Å². The molecular weight excluding hydrogens is 221 g/mol. The molecule has 15 heavy (non-hydrogen) atoms. The van der Waals surface area contributed by atoms with E-state index in [2.05, 4.69) is 4.72 Å². The van der Waals surface area contributed by atoms with Gasteiger partial charge < -0.3 is 11.9 Å². The summed E-state index contributed by atoms with van der Waals surface area (Å²) in [5.41, 5.74) is 5.84. The molecule has 0 aliphatic rings. The fraction of sp³-hybridized carbons (Fsp3) is 0.250. The number of halogens is 1. The molecule has 5 nitrogen and oxygen atoms in total. The number of rotatable bonds is 3. The van der Waals surface area contributed by atoms with E-state index in [1.54, 1.807) is 6.07 Å². The van der Waals surface area contributed by atoms with E-state index in [0.717, 1.165) is 6.26 Å². The van der Waals surface area contributed by atoms with Crippen LogP contribution in [0.25, 0.3) is 0 Å². The van der Waals surface area contributed by atoms with Gasteiger partial charge in [0, 0.05) is 6.54 Å². The summed E-state index contributed by atoms with van der Waals surface area (Å²) in [6.45, 7) is 0.218. The maximum Gasteiger partial charge on any atom is 0.229 e. The molecule has 0 aromatic heterocycles. The summed E-state index contributed by atoms with van der Waals surface area (Å²) in [5, 5.41) is 0. The van der Waals surface area contributed by atoms with Crippen molar-refractivity contribution in [3.63, 3.8) is 0 Å². The van der Waals surface area contributed by atoms with Crippen molar-refractivity contribution in [2.45, 2.75) is 6.54 Å². The van der Waals surface area contributed by atoms with Crippen molar-refractivity contribution in [2.75, 3.05) is 11.0 Å². The second-order valence-electron chi connectivity index (χ2n) is 2.89. The second-order valence-corrected chi connectivity index (χ2v) is 4.64. The predicted octanol–water partition coefficient (Wildman–Crippen LogP) is 0.818. The maximum absolute atomic E-state index is 13.2. The Morgan fingerprint density at radius 3 is 2.47 bits per heavy atom. The van der Waals surface area contributed by atoms with Crippen molar-refractivity contribution >= 4 is 15.7 Å². The topological polar surface area (TPSA) is 107 Å². The minimum absolute atomic E-state index is 0. The van der Waals surface area contributed by atoms with Gasteiger partial charge in [-0.2, -0.15) is 0 Å². The zero-order chi connectivity index (χ0) is 10.8. The Bertz CT molecular complexity index is 434. The third-order valence-corrected chi connectivity index (χ3v) is 2.16. The van der Waals surface area contributed by atoms with Crippen LogP contribution < -0.4 is 16.6 Å². The smallest absolute Gasteiger partial charge is 0.229 e. The first-order valence-corrected chi connectivity index (χ1v) is 5.78. The third-order valence-electron chi connectivity index (χ3n) is 1.56. The molecule has 0 radical (unpaired) electrons. The van der Waals surface area contributed by atoms with Gasteiger partial charge in [0.15, 0.2) is 0 Å². The fourth-order valence-electron chi connectivity index (χ4n) is 0.968. The van der Waals surface area contributed by atoms with Gasteiger partial charge >= 0.3 is 0 Å². The van der Waals surface area contributed by atoms with E-state index in [4.69, 9.17) is 5.73 Å². The molecule has 0 heterocycles. The monoisotopic (exact) mass is 235 g/mol. The zero-order valence-electron chi connectivity index (χ0n) is 8.33. The molecule has 0 saturated heterocycles. The van der Waals surface area contributed by atoms with Gasteiger partial charge in [0.25, 0.3) is 0 Å². The predicted molar refractivity (Wildman–Crippen MR) is 57.8 cm³/mol. The lowest BCUT2D eigenvalue weighted by Gasteiger charge is -2.06. The molecule has 7 heteroatoms. The molecule has 0 spiro atoms. The first kappa shape index (κ1) is 13.8. The summed E-state index contributed by atoms with van der Waals surface area (Å²) < 4.78 is 36.9. The van der Waals surface area contributed by atoms with Gasteiger partial charge in [-0.15, -0.1) is 0 Å². The number of anilines is 1. The van der Waals surface area contributed by atoms with E-state index >= 15 is 0 Å². The Kier molecular flexibility index (Phi) is 4.66. The van der Waals surface area contributed by atoms with Gasteiger partial charge in [-0.25, -0.2) is 12.8 Å². The molecular formula is C8H14FN3O2S. The van der Waals surface area contributed by atoms with Crippen LogP contribution in [-0.4, -0.2) is 14.7 Å². The van der Waals surface area contributed by atoms with E-state index < -0.39 is 15.8 Å². The third kappa shape index (κ3) is 4.24. The summed E-state index contributed by atoms with van der Waals surface area (Å²) >= 11 is 0. The van der Waals surface area contributed by atoms with E-state index in [-0.39, 0.29) is 18.4 Å². The second kappa shape index (κ2) is 5.06. The molecule has 0 saturated carbocycles. The molecule has 0 aliphatic heterocycles. The van der Waals surface area contributed by atoms with E-state index in [9.17, 15) is 12.8 Å². The SMILES string of the molecule is CS(=O)(=O)Nc1ccc(CN)cc1F.N. The number of benzene rings is 1. The number of sulfonamides is 1. The van der Waals surface area contributed by atoms with E-state index in [1.165, 1.54) is 12.1 Å². The molecule has 0 aliphatic carbocycles. The van der Waals surface area contributed by atoms with Crippen molar-refractivity contribution in [3.8, 4) is 0 Å². The molecule has 0 fully saturated rings. The summed E-state index contributed by atoms with van der Waals surface area (Å²) in [4.78, 5) is 0. The molecule has 1 aromatic carbocycles. The minimum Gasteiger partial charge on any atom is -0.344 e. The van der Waals surface area contributed by atoms with Crippen LogP contribution in [0.5, 0.6) is 0 Å². The quantitative estimate of drug-likeness (QED) is 0.720. The largest absolute Gasteiger partial charge is 0.344 e. The normalized spacial score (nSPS) is 10.6. The Morgan fingerprint density at radius 1 is 1.47 bits per heavy atom. The van der Waals surface area contributed by atoms with Gasteiger partial charge in [-0.05, 0) is 17.7 Å². The molecule has 1 aromatic rings. The minimum atomic E-state index is -3.44. The highest BCUT2D eigenvalue weighted by Gasteiger charge is 2.07. The zero-order valence-corrected chi connectivity index (χ0v) is 9.14. The lowest BCUT2D eigenvalue weighted by molar-refractivity contribution is 0.603. The van der Waals surface area contributed by atoms with Crippen LogP contribution in [0.3, 0.4) is 0 Å². The van der Waals surface area contributed by atoms with Crippen LogP contribution in [0.1, 0.15) is 5.56 Å². The average Bonchev–Trinajstić information content (AvgIpc) is 2.06. The summed E-state index contributed by atoms with van der Waals surface area (Å²) in [6, 6.07) is 4.11. The van der Waals surface area contributed by atoms with E-state index in [0.29, 0.717) is 5.56 Å². The molecule has 6 N–H and O–H groups in total. The fourth-order valence-corrected chi connectivity index (χ4v) is 1.53. The standard InChI is InChI=1S/C8H11FN2O2S.H3N/c1-14(12,13)11-8-3-2-6(5-10)4-7(8)9;/h2-4,11H,5,10H2,1H3;1H3. The summed E-state index contributed by atoms with van der Waals surface area (Å²) in [7, 11) is -3.44. The van der Waals surface area contributed by atoms with Gasteiger partial charge in [0.1, 0.15) is 5.82 Å². The van der Waals surface area contributed by atoms with Crippen LogP contribution in [0.2, 0.25) is 0 Å². The highest BCUT2D eigenvalue weighted by atomic mass is 32.2. The van der Waals surface area contributed by atoms with Crippen LogP contribution >= 0.6 is 0 Å². The molecule has 1 rings (SSSR count). The number of nitrogens with two attached hydrogens (primary N) is 1. The first-order valence-electron chi connectivity index (χ1n) is 3.88. The highest BCUT2D eigenvalue weighted by Crippen LogP contribution is 2.16. The Morgan fingerprint density at radius 2 is 2.07 bits per heavy atom. The maximum atomic E-state index is 13.2. The molecule has 0 atom stereocenters. The number of hydrogen-bond donors (Lipinski definition) is 3. The highest BCUT2D eigenvalue weighted by molar-refractivity contribution is 7.92. The van der Waals surface area contributed by atoms with Crippen LogP contribution in [0, 0.1) is 5.82 Å². The van der Waals surface area contributed by atoms with Crippen LogP contribution in [-0.2, 0) is 16.6 Å². The van der Waals surface area contributed by atoms with Crippen molar-refractivity contribution < 1.29 is 12.8 Å². The Labute approximate surface area is 88.1 Å². The Hall–Kier alpha value is -1.18. The van der Waals surface area contributed by atoms with Crippen molar-refractivity contribution in [1.29, 1.82) is 0 Å². The first-order chi connectivity index (χ1) is 6.42. The molecule has 0 amide bonds. The van der Waals surface area contributed by atoms with Crippen molar-refractivity contribution in [3.05, 3.63) is 29.6 Å². The van der Waals surface area contributed by atoms with E-state index in [1.807, 2.05) is 0 Å². The summed E-state index contributed by atoms with van der Waals surface area (Å²) in [5.74, 6) is -0.627. The summed E-state index contributed by atoms with van der Waals surface area (Å²) in [6.07, 6.45) is 0.962. The lowest BCUT2D eigenvalue weighted by Crippen LogP contribution is -2.11. The van der Waals surface area contributed by atoms with Crippen molar-refractivity contribution in [1.82, 2.24) is 6.15 Å². The number of hydrogen-bond acceptors (Lipinski definition) is 4. The van der Waals surface area contributed by atoms with Crippen LogP contribution in [0.15, 0.2) is 18.2 Å². The van der Waals surface area contributed by atoms with Gasteiger partial charge in [-0.3, -0.25) is 4.72 Å². The van der Waals surface area contributed by atoms with Crippen molar-refractivity contribution in [2.24, 2.45) is 5.73 Å².